The molecule has 28 heavy (non-hydrogen) atoms. The van der Waals surface area contributed by atoms with Crippen LogP contribution < -0.4 is 4.74 Å². The fourth-order valence-electron chi connectivity index (χ4n) is 2.58. The van der Waals surface area contributed by atoms with Crippen LogP contribution in [0, 0.1) is 5.82 Å². The third kappa shape index (κ3) is 4.96. The summed E-state index contributed by atoms with van der Waals surface area (Å²) in [6.07, 6.45) is 0.551. The van der Waals surface area contributed by atoms with Gasteiger partial charge in [0.1, 0.15) is 16.7 Å². The Morgan fingerprint density at radius 2 is 1.96 bits per heavy atom. The highest BCUT2D eigenvalue weighted by molar-refractivity contribution is 7.98. The molecule has 0 spiro atoms. The Balaban J connectivity index is 1.95. The minimum Gasteiger partial charge on any atom is -0.468 e. The molecule has 3 aromatic rings. The molecule has 0 aliphatic carbocycles. The van der Waals surface area contributed by atoms with Gasteiger partial charge in [0, 0.05) is 18.5 Å². The molecule has 0 saturated heterocycles. The summed E-state index contributed by atoms with van der Waals surface area (Å²) in [5.41, 5.74) is 1.28. The number of aromatic amines is 1. The minimum absolute atomic E-state index is 0.0442. The van der Waals surface area contributed by atoms with Crippen molar-refractivity contribution in [3.05, 3.63) is 70.5 Å². The van der Waals surface area contributed by atoms with Crippen molar-refractivity contribution in [2.24, 2.45) is 0 Å². The van der Waals surface area contributed by atoms with Gasteiger partial charge in [-0.05, 0) is 29.5 Å². The van der Waals surface area contributed by atoms with Gasteiger partial charge < -0.3 is 9.72 Å². The second kappa shape index (κ2) is 8.40. The number of H-pyrrole nitrogens is 1. The molecule has 0 saturated carbocycles. The molecular formula is C18H14ClF4N3OS. The smallest absolute Gasteiger partial charge is 0.422 e. The van der Waals surface area contributed by atoms with Gasteiger partial charge in [0.2, 0.25) is 5.88 Å². The molecule has 0 amide bonds. The monoisotopic (exact) mass is 431 g/mol. The fourth-order valence-corrected chi connectivity index (χ4v) is 3.13. The summed E-state index contributed by atoms with van der Waals surface area (Å²) in [6.45, 7) is -1.42. The Bertz CT molecular complexity index is 947. The fraction of sp³-hybridized carbons (Fsp3) is 0.222. The van der Waals surface area contributed by atoms with Crippen molar-refractivity contribution in [1.82, 2.24) is 15.0 Å². The van der Waals surface area contributed by atoms with Crippen LogP contribution in [0.5, 0.6) is 5.88 Å². The number of rotatable bonds is 6. The number of nitrogens with zero attached hydrogens (tertiary/aromatic N) is 2. The van der Waals surface area contributed by atoms with E-state index < -0.39 is 24.5 Å². The molecule has 4 nitrogen and oxygen atoms in total. The molecule has 10 heteroatoms. The molecule has 2 heterocycles. The molecule has 0 aliphatic heterocycles. The number of ether oxygens (including phenoxy) is 1. The molecule has 1 aromatic carbocycles. The number of benzene rings is 1. The van der Waals surface area contributed by atoms with Crippen LogP contribution in [0.2, 0.25) is 5.02 Å². The van der Waals surface area contributed by atoms with E-state index in [2.05, 4.69) is 19.7 Å². The van der Waals surface area contributed by atoms with Gasteiger partial charge in [-0.15, -0.1) is 11.8 Å². The quantitative estimate of drug-likeness (QED) is 0.417. The maximum atomic E-state index is 13.6. The summed E-state index contributed by atoms with van der Waals surface area (Å²) < 4.78 is 55.1. The molecular weight excluding hydrogens is 418 g/mol. The Morgan fingerprint density at radius 1 is 1.21 bits per heavy atom. The predicted octanol–water partition coefficient (Wildman–Crippen LogP) is 5.44. The van der Waals surface area contributed by atoms with Gasteiger partial charge in [0.05, 0.1) is 10.9 Å². The number of alkyl halides is 3. The average Bonchev–Trinajstić information content (AvgIpc) is 3.12. The lowest BCUT2D eigenvalue weighted by Crippen LogP contribution is -2.19. The summed E-state index contributed by atoms with van der Waals surface area (Å²) in [5, 5.41) is 0.712. The van der Waals surface area contributed by atoms with Crippen molar-refractivity contribution in [2.45, 2.75) is 17.1 Å². The van der Waals surface area contributed by atoms with Crippen LogP contribution in [0.25, 0.3) is 0 Å². The van der Waals surface area contributed by atoms with Crippen LogP contribution in [0.3, 0.4) is 0 Å². The zero-order valence-corrected chi connectivity index (χ0v) is 16.0. The molecule has 0 fully saturated rings. The van der Waals surface area contributed by atoms with E-state index >= 15 is 0 Å². The molecule has 1 atom stereocenters. The number of aromatic nitrogens is 3. The number of nitrogens with one attached hydrogen (secondary N) is 1. The van der Waals surface area contributed by atoms with Gasteiger partial charge in [-0.1, -0.05) is 23.7 Å². The van der Waals surface area contributed by atoms with E-state index in [1.807, 2.05) is 6.26 Å². The zero-order valence-electron chi connectivity index (χ0n) is 14.4. The first-order chi connectivity index (χ1) is 13.3. The predicted molar refractivity (Wildman–Crippen MR) is 98.5 cm³/mol. The number of hydrogen-bond acceptors (Lipinski definition) is 4. The SMILES string of the molecule is CSc1c[nH]c(C(c2ccc(OCC(F)(F)F)nc2)c2ccc(F)c(Cl)c2)n1. The average molecular weight is 432 g/mol. The molecule has 0 aliphatic rings. The third-order valence-electron chi connectivity index (χ3n) is 3.81. The second-order valence-corrected chi connectivity index (χ2v) is 7.00. The zero-order chi connectivity index (χ0) is 20.3. The van der Waals surface area contributed by atoms with Crippen molar-refractivity contribution in [1.29, 1.82) is 0 Å². The molecule has 0 radical (unpaired) electrons. The largest absolute Gasteiger partial charge is 0.468 e. The summed E-state index contributed by atoms with van der Waals surface area (Å²) in [6, 6.07) is 7.23. The second-order valence-electron chi connectivity index (χ2n) is 5.77. The van der Waals surface area contributed by atoms with Crippen molar-refractivity contribution in [3.8, 4) is 5.88 Å². The van der Waals surface area contributed by atoms with Gasteiger partial charge in [0.25, 0.3) is 0 Å². The number of halogens is 5. The molecule has 2 aromatic heterocycles. The minimum atomic E-state index is -4.45. The lowest BCUT2D eigenvalue weighted by Gasteiger charge is -2.17. The maximum Gasteiger partial charge on any atom is 0.422 e. The van der Waals surface area contributed by atoms with Gasteiger partial charge in [0.15, 0.2) is 6.61 Å². The normalized spacial score (nSPS) is 12.8. The van der Waals surface area contributed by atoms with Gasteiger partial charge in [-0.2, -0.15) is 13.2 Å². The number of hydrogen-bond donors (Lipinski definition) is 1. The highest BCUT2D eigenvalue weighted by Gasteiger charge is 2.29. The maximum absolute atomic E-state index is 13.6. The molecule has 1 unspecified atom stereocenters. The van der Waals surface area contributed by atoms with E-state index in [0.29, 0.717) is 17.0 Å². The standard InChI is InChI=1S/C18H14ClF4N3OS/c1-28-15-8-25-17(26-15)16(10-2-4-13(20)12(19)6-10)11-3-5-14(24-7-11)27-9-18(21,22)23/h2-8,16H,9H2,1H3,(H,25,26). The van der Waals surface area contributed by atoms with Crippen LogP contribution >= 0.6 is 23.4 Å². The van der Waals surface area contributed by atoms with Gasteiger partial charge in [-0.25, -0.2) is 14.4 Å². The van der Waals surface area contributed by atoms with Gasteiger partial charge in [-0.3, -0.25) is 0 Å². The first kappa shape index (κ1) is 20.5. The van der Waals surface area contributed by atoms with Crippen LogP contribution in [0.4, 0.5) is 17.6 Å². The summed E-state index contributed by atoms with van der Waals surface area (Å²) in [7, 11) is 0. The van der Waals surface area contributed by atoms with Crippen molar-refractivity contribution >= 4 is 23.4 Å². The summed E-state index contributed by atoms with van der Waals surface area (Å²) in [5.74, 6) is -0.607. The highest BCUT2D eigenvalue weighted by atomic mass is 35.5. The molecule has 1 N–H and O–H groups in total. The summed E-state index contributed by atoms with van der Waals surface area (Å²) in [4.78, 5) is 11.5. The Morgan fingerprint density at radius 3 is 2.54 bits per heavy atom. The van der Waals surface area contributed by atoms with Crippen molar-refractivity contribution in [3.63, 3.8) is 0 Å². The first-order valence-corrected chi connectivity index (χ1v) is 9.57. The van der Waals surface area contributed by atoms with E-state index in [4.69, 9.17) is 11.6 Å². The number of pyridine rings is 1. The van der Waals surface area contributed by atoms with E-state index in [1.165, 1.54) is 36.2 Å². The molecule has 148 valence electrons. The van der Waals surface area contributed by atoms with E-state index in [0.717, 1.165) is 5.03 Å². The van der Waals surface area contributed by atoms with Crippen LogP contribution in [-0.2, 0) is 0 Å². The number of thioether (sulfide) groups is 1. The number of imidazole rings is 1. The van der Waals surface area contributed by atoms with Crippen LogP contribution in [0.15, 0.2) is 47.8 Å². The van der Waals surface area contributed by atoms with Gasteiger partial charge >= 0.3 is 6.18 Å². The van der Waals surface area contributed by atoms with E-state index in [1.54, 1.807) is 18.3 Å². The topological polar surface area (TPSA) is 50.8 Å². The first-order valence-electron chi connectivity index (χ1n) is 7.96. The molecule has 0 bridgehead atoms. The lowest BCUT2D eigenvalue weighted by atomic mass is 9.91. The van der Waals surface area contributed by atoms with Crippen molar-refractivity contribution in [2.75, 3.05) is 12.9 Å². The van der Waals surface area contributed by atoms with Crippen molar-refractivity contribution < 1.29 is 22.3 Å². The Hall–Kier alpha value is -2.26. The Kier molecular flexibility index (Phi) is 6.14. The third-order valence-corrected chi connectivity index (χ3v) is 4.73. The molecule has 3 rings (SSSR count). The summed E-state index contributed by atoms with van der Waals surface area (Å²) >= 11 is 7.37. The lowest BCUT2D eigenvalue weighted by molar-refractivity contribution is -0.154. The van der Waals surface area contributed by atoms with Crippen LogP contribution in [-0.4, -0.2) is 34.0 Å². The van der Waals surface area contributed by atoms with E-state index in [-0.39, 0.29) is 10.9 Å². The van der Waals surface area contributed by atoms with Crippen LogP contribution in [0.1, 0.15) is 22.9 Å². The van der Waals surface area contributed by atoms with E-state index in [9.17, 15) is 17.6 Å². The highest BCUT2D eigenvalue weighted by Crippen LogP contribution is 2.33. The Labute approximate surface area is 167 Å².